The Labute approximate surface area is 254 Å². The molecule has 1 N–H and O–H groups in total. The summed E-state index contributed by atoms with van der Waals surface area (Å²) in [5.41, 5.74) is 2.84. The zero-order valence-electron chi connectivity index (χ0n) is 25.0. The third kappa shape index (κ3) is 6.72. The summed E-state index contributed by atoms with van der Waals surface area (Å²) < 4.78 is 6.19. The van der Waals surface area contributed by atoms with Crippen molar-refractivity contribution in [3.8, 4) is 5.75 Å². The minimum Gasteiger partial charge on any atom is -0.493 e. The number of nitrogens with one attached hydrogen (secondary N) is 1. The molecule has 0 spiro atoms. The molecule has 6 nitrogen and oxygen atoms in total. The van der Waals surface area contributed by atoms with Crippen molar-refractivity contribution in [2.24, 2.45) is 4.99 Å². The summed E-state index contributed by atoms with van der Waals surface area (Å²) in [5.74, 6) is 1.24. The number of carbonyl (C=O) groups is 1. The SMILES string of the molecule is CCOc1cc(C(C)(C)C)ccc1C1=N[C@@](C)(c2ccc(Cl)cc2)[C@@H](c2ccc(Cl)cc2)N1C(=O)NCCN(C)C. The van der Waals surface area contributed by atoms with Crippen molar-refractivity contribution in [2.45, 2.75) is 51.6 Å². The van der Waals surface area contributed by atoms with Gasteiger partial charge in [-0.2, -0.15) is 0 Å². The maximum atomic E-state index is 14.2. The van der Waals surface area contributed by atoms with Crippen LogP contribution in [0, 0.1) is 0 Å². The van der Waals surface area contributed by atoms with E-state index >= 15 is 0 Å². The first-order valence-electron chi connectivity index (χ1n) is 14.0. The van der Waals surface area contributed by atoms with E-state index in [4.69, 9.17) is 32.9 Å². The zero-order valence-corrected chi connectivity index (χ0v) is 26.5. The van der Waals surface area contributed by atoms with E-state index in [1.165, 1.54) is 0 Å². The second-order valence-corrected chi connectivity index (χ2v) is 12.7. The monoisotopic (exact) mass is 594 g/mol. The van der Waals surface area contributed by atoms with E-state index in [1.807, 2.05) is 80.5 Å². The van der Waals surface area contributed by atoms with Crippen molar-refractivity contribution >= 4 is 35.1 Å². The van der Waals surface area contributed by atoms with Crippen molar-refractivity contribution in [3.05, 3.63) is 99.0 Å². The minimum atomic E-state index is -0.835. The van der Waals surface area contributed by atoms with Gasteiger partial charge in [-0.1, -0.05) is 74.3 Å². The third-order valence-corrected chi connectivity index (χ3v) is 7.92. The molecule has 8 heteroatoms. The number of urea groups is 1. The van der Waals surface area contributed by atoms with Gasteiger partial charge in [0.2, 0.25) is 0 Å². The van der Waals surface area contributed by atoms with E-state index in [2.05, 4.69) is 45.1 Å². The number of nitrogens with zero attached hydrogens (tertiary/aromatic N) is 3. The summed E-state index contributed by atoms with van der Waals surface area (Å²) in [4.78, 5) is 23.3. The molecule has 1 heterocycles. The van der Waals surface area contributed by atoms with Crippen LogP contribution >= 0.6 is 23.2 Å². The fourth-order valence-corrected chi connectivity index (χ4v) is 5.41. The van der Waals surface area contributed by atoms with Gasteiger partial charge in [-0.15, -0.1) is 0 Å². The van der Waals surface area contributed by atoms with Gasteiger partial charge >= 0.3 is 6.03 Å². The first-order chi connectivity index (χ1) is 19.3. The predicted octanol–water partition coefficient (Wildman–Crippen LogP) is 7.68. The van der Waals surface area contributed by atoms with Crippen molar-refractivity contribution < 1.29 is 9.53 Å². The second kappa shape index (κ2) is 12.4. The molecule has 1 aliphatic heterocycles. The quantitative estimate of drug-likeness (QED) is 0.291. The number of hydrogen-bond donors (Lipinski definition) is 1. The highest BCUT2D eigenvalue weighted by Crippen LogP contribution is 2.49. The van der Waals surface area contributed by atoms with Gasteiger partial charge < -0.3 is 15.0 Å². The molecule has 0 saturated heterocycles. The minimum absolute atomic E-state index is 0.0746. The lowest BCUT2D eigenvalue weighted by Gasteiger charge is -2.35. The average molecular weight is 596 g/mol. The lowest BCUT2D eigenvalue weighted by atomic mass is 9.81. The Hall–Kier alpha value is -3.06. The molecular formula is C33H40Cl2N4O2. The van der Waals surface area contributed by atoms with E-state index in [1.54, 1.807) is 4.90 Å². The molecule has 2 atom stereocenters. The molecule has 0 radical (unpaired) electrons. The summed E-state index contributed by atoms with van der Waals surface area (Å²) in [6.07, 6.45) is 0. The lowest BCUT2D eigenvalue weighted by Crippen LogP contribution is -2.47. The molecule has 41 heavy (non-hydrogen) atoms. The Morgan fingerprint density at radius 1 is 1.02 bits per heavy atom. The maximum Gasteiger partial charge on any atom is 0.323 e. The molecule has 218 valence electrons. The number of ether oxygens (including phenoxy) is 1. The Morgan fingerprint density at radius 2 is 1.63 bits per heavy atom. The first-order valence-corrected chi connectivity index (χ1v) is 14.7. The van der Waals surface area contributed by atoms with Gasteiger partial charge in [0.1, 0.15) is 17.1 Å². The molecule has 1 aliphatic rings. The van der Waals surface area contributed by atoms with Crippen molar-refractivity contribution in [1.29, 1.82) is 0 Å². The molecule has 2 amide bonds. The Balaban J connectivity index is 1.95. The van der Waals surface area contributed by atoms with E-state index in [0.29, 0.717) is 41.3 Å². The number of hydrogen-bond acceptors (Lipinski definition) is 4. The Kier molecular flexibility index (Phi) is 9.37. The zero-order chi connectivity index (χ0) is 29.9. The van der Waals surface area contributed by atoms with Gasteiger partial charge in [-0.25, -0.2) is 4.79 Å². The fraction of sp³-hybridized carbons (Fsp3) is 0.394. The van der Waals surface area contributed by atoms with Gasteiger partial charge in [0.25, 0.3) is 0 Å². The van der Waals surface area contributed by atoms with Crippen LogP contribution in [0.15, 0.2) is 71.7 Å². The standard InChI is InChI=1S/C33H40Cl2N4O2/c1-8-41-28-21-24(32(2,3)4)13-18-27(28)30-37-33(5,23-11-16-26(35)17-12-23)29(22-9-14-25(34)15-10-22)39(30)31(40)36-19-20-38(6)7/h9-18,21,29H,8,19-20H2,1-7H3,(H,36,40)/t29-,33+/m1/s1. The number of amides is 2. The van der Waals surface area contributed by atoms with Crippen LogP contribution in [0.3, 0.4) is 0 Å². The van der Waals surface area contributed by atoms with Crippen molar-refractivity contribution in [3.63, 3.8) is 0 Å². The van der Waals surface area contributed by atoms with Crippen LogP contribution in [0.4, 0.5) is 4.79 Å². The van der Waals surface area contributed by atoms with E-state index < -0.39 is 11.6 Å². The highest BCUT2D eigenvalue weighted by molar-refractivity contribution is 6.30. The topological polar surface area (TPSA) is 57.2 Å². The largest absolute Gasteiger partial charge is 0.493 e. The van der Waals surface area contributed by atoms with Crippen LogP contribution in [0.2, 0.25) is 10.0 Å². The third-order valence-electron chi connectivity index (χ3n) is 7.41. The van der Waals surface area contributed by atoms with Crippen LogP contribution < -0.4 is 10.1 Å². The molecule has 0 bridgehead atoms. The van der Waals surface area contributed by atoms with Crippen LogP contribution in [0.5, 0.6) is 5.75 Å². The molecule has 3 aromatic rings. The van der Waals surface area contributed by atoms with Gasteiger partial charge in [-0.3, -0.25) is 9.89 Å². The van der Waals surface area contributed by atoms with Crippen LogP contribution in [-0.2, 0) is 11.0 Å². The maximum absolute atomic E-state index is 14.2. The summed E-state index contributed by atoms with van der Waals surface area (Å²) in [6, 6.07) is 20.8. The summed E-state index contributed by atoms with van der Waals surface area (Å²) in [7, 11) is 3.96. The van der Waals surface area contributed by atoms with Crippen molar-refractivity contribution in [1.82, 2.24) is 15.1 Å². The summed E-state index contributed by atoms with van der Waals surface area (Å²) in [6.45, 7) is 12.2. The number of halogens is 2. The predicted molar refractivity (Wildman–Crippen MR) is 170 cm³/mol. The number of likely N-dealkylation sites (N-methyl/N-ethyl adjacent to an activating group) is 1. The Bertz CT molecular complexity index is 1400. The highest BCUT2D eigenvalue weighted by Gasteiger charge is 2.50. The van der Waals surface area contributed by atoms with E-state index in [9.17, 15) is 4.79 Å². The summed E-state index contributed by atoms with van der Waals surface area (Å²) >= 11 is 12.6. The summed E-state index contributed by atoms with van der Waals surface area (Å²) in [5, 5.41) is 4.39. The first kappa shape index (κ1) is 30.9. The highest BCUT2D eigenvalue weighted by atomic mass is 35.5. The smallest absolute Gasteiger partial charge is 0.323 e. The number of amidine groups is 1. The molecule has 0 aliphatic carbocycles. The number of carbonyl (C=O) groups excluding carboxylic acids is 1. The van der Waals surface area contributed by atoms with Gasteiger partial charge in [0.15, 0.2) is 0 Å². The number of aliphatic imine (C=N–C) groups is 1. The molecule has 0 unspecified atom stereocenters. The normalized spacial score (nSPS) is 18.9. The molecule has 0 aromatic heterocycles. The molecule has 3 aromatic carbocycles. The molecule has 0 fully saturated rings. The average Bonchev–Trinajstić information content (AvgIpc) is 3.23. The van der Waals surface area contributed by atoms with Crippen LogP contribution in [-0.4, -0.2) is 55.5 Å². The molecule has 0 saturated carbocycles. The van der Waals surface area contributed by atoms with Crippen LogP contribution in [0.1, 0.15) is 62.9 Å². The molecule has 4 rings (SSSR count). The second-order valence-electron chi connectivity index (χ2n) is 11.8. The van der Waals surface area contributed by atoms with Gasteiger partial charge in [0.05, 0.1) is 18.2 Å². The lowest BCUT2D eigenvalue weighted by molar-refractivity contribution is 0.195. The van der Waals surface area contributed by atoms with E-state index in [-0.39, 0.29) is 11.4 Å². The van der Waals surface area contributed by atoms with Crippen molar-refractivity contribution in [2.75, 3.05) is 33.8 Å². The Morgan fingerprint density at radius 3 is 2.20 bits per heavy atom. The number of rotatable bonds is 8. The number of benzene rings is 3. The van der Waals surface area contributed by atoms with E-state index in [0.717, 1.165) is 22.3 Å². The fourth-order valence-electron chi connectivity index (χ4n) is 5.16. The van der Waals surface area contributed by atoms with Gasteiger partial charge in [0, 0.05) is 23.1 Å². The van der Waals surface area contributed by atoms with Gasteiger partial charge in [-0.05, 0) is 86.4 Å². The van der Waals surface area contributed by atoms with Crippen LogP contribution in [0.25, 0.3) is 0 Å². The molecular weight excluding hydrogens is 555 g/mol.